The Hall–Kier alpha value is -1.84. The summed E-state index contributed by atoms with van der Waals surface area (Å²) in [5, 5.41) is 4.17. The minimum atomic E-state index is 0.459. The van der Waals surface area contributed by atoms with Crippen LogP contribution in [0.5, 0.6) is 0 Å². The van der Waals surface area contributed by atoms with Crippen LogP contribution in [0.1, 0.15) is 49.9 Å². The molecule has 1 fully saturated rings. The number of hydrogen-bond donors (Lipinski definition) is 1. The van der Waals surface area contributed by atoms with E-state index < -0.39 is 0 Å². The molecule has 1 aromatic heterocycles. The number of nitrogen functional groups attached to an aromatic ring is 1. The van der Waals surface area contributed by atoms with Gasteiger partial charge in [-0.05, 0) is 49.8 Å². The monoisotopic (exact) mass is 271 g/mol. The summed E-state index contributed by atoms with van der Waals surface area (Å²) in [6.45, 7) is 4.24. The summed E-state index contributed by atoms with van der Waals surface area (Å²) in [7, 11) is 0. The van der Waals surface area contributed by atoms with Crippen molar-refractivity contribution < 1.29 is 4.52 Å². The number of anilines is 1. The molecule has 2 atom stereocenters. The first-order valence-corrected chi connectivity index (χ1v) is 7.37. The lowest BCUT2D eigenvalue weighted by atomic mass is 10.0. The fraction of sp³-hybridized carbons (Fsp3) is 0.500. The van der Waals surface area contributed by atoms with Gasteiger partial charge in [-0.3, -0.25) is 0 Å². The van der Waals surface area contributed by atoms with E-state index in [-0.39, 0.29) is 0 Å². The second-order valence-electron chi connectivity index (χ2n) is 5.81. The topological polar surface area (TPSA) is 64.9 Å². The smallest absolute Gasteiger partial charge is 0.258 e. The van der Waals surface area contributed by atoms with Gasteiger partial charge in [0.2, 0.25) is 0 Å². The van der Waals surface area contributed by atoms with Crippen molar-refractivity contribution in [3.8, 4) is 11.5 Å². The maximum Gasteiger partial charge on any atom is 0.258 e. The molecule has 4 nitrogen and oxygen atoms in total. The van der Waals surface area contributed by atoms with Crippen LogP contribution in [0, 0.1) is 12.8 Å². The molecular weight excluding hydrogens is 250 g/mol. The van der Waals surface area contributed by atoms with Crippen molar-refractivity contribution in [2.24, 2.45) is 5.92 Å². The predicted molar refractivity (Wildman–Crippen MR) is 79.3 cm³/mol. The Morgan fingerprint density at radius 3 is 2.90 bits per heavy atom. The Morgan fingerprint density at radius 1 is 1.35 bits per heavy atom. The first-order valence-electron chi connectivity index (χ1n) is 7.37. The Labute approximate surface area is 119 Å². The highest BCUT2D eigenvalue weighted by atomic mass is 16.5. The van der Waals surface area contributed by atoms with E-state index in [0.717, 1.165) is 28.6 Å². The molecule has 1 heterocycles. The molecule has 2 N–H and O–H groups in total. The Kier molecular flexibility index (Phi) is 3.47. The van der Waals surface area contributed by atoms with Crippen molar-refractivity contribution in [2.75, 3.05) is 5.73 Å². The van der Waals surface area contributed by atoms with Crippen LogP contribution in [0.4, 0.5) is 5.69 Å². The zero-order valence-corrected chi connectivity index (χ0v) is 12.1. The quantitative estimate of drug-likeness (QED) is 0.859. The van der Waals surface area contributed by atoms with Crippen LogP contribution in [0.3, 0.4) is 0 Å². The second-order valence-corrected chi connectivity index (χ2v) is 5.81. The standard InChI is InChI=1S/C16H21N3O/c1-3-11-5-7-12(8-11)15-18-16(20-19-15)13-6-4-10(2)14(17)9-13/h4,6,9,11-12H,3,5,7-8,17H2,1-2H3. The van der Waals surface area contributed by atoms with Gasteiger partial charge in [-0.15, -0.1) is 0 Å². The van der Waals surface area contributed by atoms with Crippen molar-refractivity contribution in [1.29, 1.82) is 0 Å². The Balaban J connectivity index is 1.81. The summed E-state index contributed by atoms with van der Waals surface area (Å²) >= 11 is 0. The third-order valence-corrected chi connectivity index (χ3v) is 4.45. The van der Waals surface area contributed by atoms with Gasteiger partial charge in [-0.25, -0.2) is 0 Å². The summed E-state index contributed by atoms with van der Waals surface area (Å²) in [4.78, 5) is 4.57. The van der Waals surface area contributed by atoms with Crippen LogP contribution in [0.15, 0.2) is 22.7 Å². The average molecular weight is 271 g/mol. The van der Waals surface area contributed by atoms with Crippen LogP contribution in [-0.4, -0.2) is 10.1 Å². The largest absolute Gasteiger partial charge is 0.398 e. The molecule has 20 heavy (non-hydrogen) atoms. The third-order valence-electron chi connectivity index (χ3n) is 4.45. The van der Waals surface area contributed by atoms with Crippen LogP contribution < -0.4 is 5.73 Å². The maximum atomic E-state index is 5.93. The lowest BCUT2D eigenvalue weighted by Crippen LogP contribution is -1.97. The molecule has 3 rings (SSSR count). The van der Waals surface area contributed by atoms with Gasteiger partial charge in [0.15, 0.2) is 5.82 Å². The lowest BCUT2D eigenvalue weighted by molar-refractivity contribution is 0.413. The molecule has 0 spiro atoms. The number of nitrogens with two attached hydrogens (primary N) is 1. The van der Waals surface area contributed by atoms with E-state index in [9.17, 15) is 0 Å². The van der Waals surface area contributed by atoms with Crippen molar-refractivity contribution in [3.05, 3.63) is 29.6 Å². The molecule has 0 saturated heterocycles. The number of rotatable bonds is 3. The Morgan fingerprint density at radius 2 is 2.20 bits per heavy atom. The van der Waals surface area contributed by atoms with Crippen LogP contribution >= 0.6 is 0 Å². The van der Waals surface area contributed by atoms with Gasteiger partial charge in [-0.2, -0.15) is 4.98 Å². The average Bonchev–Trinajstić information content (AvgIpc) is 3.09. The number of aryl methyl sites for hydroxylation is 1. The second kappa shape index (κ2) is 5.27. The molecular formula is C16H21N3O. The normalized spacial score (nSPS) is 22.3. The van der Waals surface area contributed by atoms with E-state index in [0.29, 0.717) is 11.8 Å². The van der Waals surface area contributed by atoms with Gasteiger partial charge in [0, 0.05) is 17.2 Å². The SMILES string of the molecule is CCC1CCC(c2noc(-c3ccc(C)c(N)c3)n2)C1. The van der Waals surface area contributed by atoms with Gasteiger partial charge in [-0.1, -0.05) is 24.6 Å². The molecule has 0 aliphatic heterocycles. The number of aromatic nitrogens is 2. The molecule has 1 aliphatic carbocycles. The van der Waals surface area contributed by atoms with Crippen molar-refractivity contribution in [2.45, 2.75) is 45.4 Å². The fourth-order valence-corrected chi connectivity index (χ4v) is 2.97. The highest BCUT2D eigenvalue weighted by Gasteiger charge is 2.28. The summed E-state index contributed by atoms with van der Waals surface area (Å²) in [5.41, 5.74) is 8.66. The van der Waals surface area contributed by atoms with Crippen molar-refractivity contribution >= 4 is 5.69 Å². The first kappa shape index (κ1) is 13.2. The van der Waals surface area contributed by atoms with Crippen LogP contribution in [0.2, 0.25) is 0 Å². The Bertz CT molecular complexity index is 606. The molecule has 0 radical (unpaired) electrons. The van der Waals surface area contributed by atoms with Crippen LogP contribution in [0.25, 0.3) is 11.5 Å². The van der Waals surface area contributed by atoms with Gasteiger partial charge in [0.25, 0.3) is 5.89 Å². The molecule has 1 aliphatic rings. The molecule has 0 amide bonds. The number of hydrogen-bond acceptors (Lipinski definition) is 4. The predicted octanol–water partition coefficient (Wildman–Crippen LogP) is 3.92. The first-order chi connectivity index (χ1) is 9.67. The van der Waals surface area contributed by atoms with Crippen molar-refractivity contribution in [3.63, 3.8) is 0 Å². The van der Waals surface area contributed by atoms with Gasteiger partial charge < -0.3 is 10.3 Å². The lowest BCUT2D eigenvalue weighted by Gasteiger charge is -2.04. The van der Waals surface area contributed by atoms with E-state index in [1.165, 1.54) is 25.7 Å². The van der Waals surface area contributed by atoms with E-state index in [4.69, 9.17) is 10.3 Å². The molecule has 106 valence electrons. The van der Waals surface area contributed by atoms with E-state index >= 15 is 0 Å². The van der Waals surface area contributed by atoms with E-state index in [1.807, 2.05) is 25.1 Å². The van der Waals surface area contributed by atoms with Crippen molar-refractivity contribution in [1.82, 2.24) is 10.1 Å². The van der Waals surface area contributed by atoms with Gasteiger partial charge in [0.05, 0.1) is 0 Å². The van der Waals surface area contributed by atoms with Gasteiger partial charge >= 0.3 is 0 Å². The zero-order chi connectivity index (χ0) is 14.1. The fourth-order valence-electron chi connectivity index (χ4n) is 2.97. The van der Waals surface area contributed by atoms with E-state index in [2.05, 4.69) is 17.1 Å². The minimum Gasteiger partial charge on any atom is -0.398 e. The molecule has 1 saturated carbocycles. The zero-order valence-electron chi connectivity index (χ0n) is 12.1. The van der Waals surface area contributed by atoms with Crippen LogP contribution in [-0.2, 0) is 0 Å². The number of benzene rings is 1. The highest BCUT2D eigenvalue weighted by Crippen LogP contribution is 2.39. The summed E-state index contributed by atoms with van der Waals surface area (Å²) in [6, 6.07) is 5.86. The molecule has 2 unspecified atom stereocenters. The maximum absolute atomic E-state index is 5.93. The molecule has 1 aromatic carbocycles. The third kappa shape index (κ3) is 2.42. The minimum absolute atomic E-state index is 0.459. The van der Waals surface area contributed by atoms with Gasteiger partial charge in [0.1, 0.15) is 0 Å². The summed E-state index contributed by atoms with van der Waals surface area (Å²) in [6.07, 6.45) is 4.89. The summed E-state index contributed by atoms with van der Waals surface area (Å²) < 4.78 is 5.41. The van der Waals surface area contributed by atoms with E-state index in [1.54, 1.807) is 0 Å². The molecule has 2 aromatic rings. The number of nitrogens with zero attached hydrogens (tertiary/aromatic N) is 2. The highest BCUT2D eigenvalue weighted by molar-refractivity contribution is 5.62. The molecule has 4 heteroatoms. The molecule has 0 bridgehead atoms. The summed E-state index contributed by atoms with van der Waals surface area (Å²) in [5.74, 6) is 2.71.